The van der Waals surface area contributed by atoms with Crippen molar-refractivity contribution in [3.8, 4) is 0 Å². The van der Waals surface area contributed by atoms with Crippen LogP contribution in [0.25, 0.3) is 0 Å². The van der Waals surface area contributed by atoms with Crippen LogP contribution in [0.4, 0.5) is 0 Å². The smallest absolute Gasteiger partial charge is 0.811 e. The number of hydrogen-bond donors (Lipinski definition) is 0. The van der Waals surface area contributed by atoms with Crippen LogP contribution < -0.4 is 47.5 Å². The average Bonchev–Trinajstić information content (AvgIpc) is 1.62. The third-order valence-electron chi connectivity index (χ3n) is 1.13. The second-order valence-electron chi connectivity index (χ2n) is 1.80. The Morgan fingerprint density at radius 2 is 1.70 bits per heavy atom. The van der Waals surface area contributed by atoms with Gasteiger partial charge in [-0.25, -0.2) is 0 Å². The van der Waals surface area contributed by atoms with Crippen molar-refractivity contribution < 1.29 is 52.1 Å². The van der Waals surface area contributed by atoms with Crippen LogP contribution in [-0.4, -0.2) is 5.66 Å². The molecule has 0 bridgehead atoms. The molecule has 0 heterocycles. The molecule has 0 spiro atoms. The van der Waals surface area contributed by atoms with Crippen molar-refractivity contribution in [3.05, 3.63) is 0 Å². The first-order valence-corrected chi connectivity index (χ1v) is 4.11. The summed E-state index contributed by atoms with van der Waals surface area (Å²) in [5.41, 5.74) is -0.706. The molecule has 0 radical (unpaired) electrons. The summed E-state index contributed by atoms with van der Waals surface area (Å²) < 4.78 is 10.0. The van der Waals surface area contributed by atoms with Gasteiger partial charge in [0.25, 0.3) is 0 Å². The zero-order valence-corrected chi connectivity index (χ0v) is 7.85. The third-order valence-corrected chi connectivity index (χ3v) is 2.58. The van der Waals surface area contributed by atoms with Crippen molar-refractivity contribution in [2.24, 2.45) is 0 Å². The maximum atomic E-state index is 10.0. The predicted molar refractivity (Wildman–Crippen MR) is 27.4 cm³/mol. The van der Waals surface area contributed by atoms with Crippen LogP contribution in [-0.2, 0) is 4.57 Å². The van der Waals surface area contributed by atoms with Crippen LogP contribution in [0.15, 0.2) is 0 Å². The summed E-state index contributed by atoms with van der Waals surface area (Å²) in [6.07, 6.45) is 0.407. The van der Waals surface area contributed by atoms with Gasteiger partial charge < -0.3 is 14.4 Å². The topological polar surface area (TPSA) is 63.2 Å². The van der Waals surface area contributed by atoms with E-state index in [9.17, 15) is 14.4 Å². The molecule has 0 aromatic heterocycles. The molecule has 0 saturated carbocycles. The second kappa shape index (κ2) is 7.02. The van der Waals surface area contributed by atoms with E-state index in [0.29, 0.717) is 6.42 Å². The van der Waals surface area contributed by atoms with E-state index in [2.05, 4.69) is 0 Å². The standard InChI is InChI=1S/C4H11O3P.2Li/c1-3-4(2)8(5,6)7;;/h4H,3H2,1-2H3,(H2,5,6,7);;/q;2*+1/p-2. The van der Waals surface area contributed by atoms with Gasteiger partial charge in [0, 0.05) is 0 Å². The molecule has 0 fully saturated rings. The molecule has 0 N–H and O–H groups in total. The first kappa shape index (κ1) is 17.4. The summed E-state index contributed by atoms with van der Waals surface area (Å²) in [5.74, 6) is 0. The zero-order valence-electron chi connectivity index (χ0n) is 6.96. The molecule has 0 aliphatic rings. The average molecular weight is 150 g/mol. The largest absolute Gasteiger partial charge is 1.00 e. The summed E-state index contributed by atoms with van der Waals surface area (Å²) in [5, 5.41) is 0. The Bertz CT molecular complexity index is 113. The molecule has 6 heteroatoms. The van der Waals surface area contributed by atoms with E-state index >= 15 is 0 Å². The van der Waals surface area contributed by atoms with Crippen molar-refractivity contribution in [3.63, 3.8) is 0 Å². The maximum Gasteiger partial charge on any atom is 1.00 e. The van der Waals surface area contributed by atoms with Gasteiger partial charge in [0.2, 0.25) is 0 Å². The van der Waals surface area contributed by atoms with Crippen LogP contribution >= 0.6 is 7.60 Å². The Kier molecular flexibility index (Phi) is 12.2. The van der Waals surface area contributed by atoms with Crippen molar-refractivity contribution >= 4 is 7.60 Å². The predicted octanol–water partition coefficient (Wildman–Crippen LogP) is -6.29. The van der Waals surface area contributed by atoms with E-state index in [1.807, 2.05) is 0 Å². The molecule has 0 aliphatic heterocycles. The van der Waals surface area contributed by atoms with Crippen LogP contribution in [0.5, 0.6) is 0 Å². The fourth-order valence-corrected chi connectivity index (χ4v) is 0.671. The Labute approximate surface area is 85.5 Å². The first-order chi connectivity index (χ1) is 3.48. The van der Waals surface area contributed by atoms with Gasteiger partial charge in [-0.05, 0) is 12.1 Å². The number of rotatable bonds is 2. The molecule has 10 heavy (non-hydrogen) atoms. The van der Waals surface area contributed by atoms with Gasteiger partial charge >= 0.3 is 37.7 Å². The van der Waals surface area contributed by atoms with E-state index in [1.54, 1.807) is 6.92 Å². The summed E-state index contributed by atoms with van der Waals surface area (Å²) in [6.45, 7) is 3.09. The van der Waals surface area contributed by atoms with E-state index < -0.39 is 13.3 Å². The van der Waals surface area contributed by atoms with Crippen LogP contribution in [0, 0.1) is 0 Å². The quantitative estimate of drug-likeness (QED) is 0.290. The third kappa shape index (κ3) is 7.45. The summed E-state index contributed by atoms with van der Waals surface area (Å²) in [4.78, 5) is 20.1. The molecule has 0 amide bonds. The van der Waals surface area contributed by atoms with Crippen LogP contribution in [0.2, 0.25) is 0 Å². The molecular weight excluding hydrogens is 141 g/mol. The van der Waals surface area contributed by atoms with Gasteiger partial charge in [0.05, 0.1) is 0 Å². The van der Waals surface area contributed by atoms with Gasteiger partial charge in [0.15, 0.2) is 0 Å². The minimum absolute atomic E-state index is 0. The second-order valence-corrected chi connectivity index (χ2v) is 3.76. The van der Waals surface area contributed by atoms with Gasteiger partial charge in [-0.1, -0.05) is 21.4 Å². The van der Waals surface area contributed by atoms with Gasteiger partial charge in [0.1, 0.15) is 0 Å². The molecule has 0 aliphatic carbocycles. The summed E-state index contributed by atoms with van der Waals surface area (Å²) in [6, 6.07) is 0. The first-order valence-electron chi connectivity index (χ1n) is 2.50. The van der Waals surface area contributed by atoms with Gasteiger partial charge in [-0.2, -0.15) is 0 Å². The zero-order chi connectivity index (χ0) is 6.78. The van der Waals surface area contributed by atoms with E-state index in [0.717, 1.165) is 0 Å². The van der Waals surface area contributed by atoms with Crippen molar-refractivity contribution in [2.45, 2.75) is 25.9 Å². The molecule has 0 rings (SSSR count). The van der Waals surface area contributed by atoms with E-state index in [1.165, 1.54) is 6.92 Å². The van der Waals surface area contributed by atoms with E-state index in [-0.39, 0.29) is 37.7 Å². The van der Waals surface area contributed by atoms with Crippen LogP contribution in [0.3, 0.4) is 0 Å². The van der Waals surface area contributed by atoms with Crippen LogP contribution in [0.1, 0.15) is 20.3 Å². The molecule has 0 aromatic carbocycles. The van der Waals surface area contributed by atoms with Gasteiger partial charge in [-0.3, -0.25) is 0 Å². The fraction of sp³-hybridized carbons (Fsp3) is 1.00. The van der Waals surface area contributed by atoms with E-state index in [4.69, 9.17) is 0 Å². The Hall–Kier alpha value is 1.34. The maximum absolute atomic E-state index is 10.0. The fourth-order valence-electron chi connectivity index (χ4n) is 0.224. The SMILES string of the molecule is CCC(C)P(=O)([O-])[O-].[Li+].[Li+]. The molecule has 1 atom stereocenters. The molecule has 0 saturated heterocycles. The Morgan fingerprint density at radius 1 is 1.40 bits per heavy atom. The normalized spacial score (nSPS) is 12.8. The van der Waals surface area contributed by atoms with Crippen molar-refractivity contribution in [2.75, 3.05) is 0 Å². The molecular formula is C4H9Li2O3P. The van der Waals surface area contributed by atoms with Crippen molar-refractivity contribution in [1.82, 2.24) is 0 Å². The monoisotopic (exact) mass is 150 g/mol. The van der Waals surface area contributed by atoms with Crippen molar-refractivity contribution in [1.29, 1.82) is 0 Å². The summed E-state index contributed by atoms with van der Waals surface area (Å²) >= 11 is 0. The Balaban J connectivity index is -0.000000245. The molecule has 1 unspecified atom stereocenters. The van der Waals surface area contributed by atoms with Gasteiger partial charge in [-0.15, -0.1) is 0 Å². The minimum atomic E-state index is -4.26. The molecule has 50 valence electrons. The molecule has 0 aromatic rings. The summed E-state index contributed by atoms with van der Waals surface area (Å²) in [7, 11) is -4.26. The minimum Gasteiger partial charge on any atom is -0.811 e. The Morgan fingerprint density at radius 3 is 1.70 bits per heavy atom. The number of hydrogen-bond acceptors (Lipinski definition) is 3. The molecule has 3 nitrogen and oxygen atoms in total.